The van der Waals surface area contributed by atoms with Gasteiger partial charge in [-0.1, -0.05) is 24.3 Å². The predicted octanol–water partition coefficient (Wildman–Crippen LogP) is 2.47. The standard InChI is InChI=1S/C17H16BrN5O2S/c1-2-10-21(11-14-8-9-15(18)26-14)16(24)12-22-17(25)23(20-19-22)13-6-4-3-5-7-13/h2-9H,1,10-12H2. The van der Waals surface area contributed by atoms with E-state index in [1.807, 2.05) is 18.2 Å². The summed E-state index contributed by atoms with van der Waals surface area (Å²) < 4.78 is 3.23. The van der Waals surface area contributed by atoms with Crippen molar-refractivity contribution in [1.29, 1.82) is 0 Å². The molecule has 0 N–H and O–H groups in total. The third-order valence-corrected chi connectivity index (χ3v) is 5.21. The van der Waals surface area contributed by atoms with Crippen molar-refractivity contribution in [2.45, 2.75) is 13.1 Å². The van der Waals surface area contributed by atoms with Gasteiger partial charge in [-0.2, -0.15) is 9.36 Å². The van der Waals surface area contributed by atoms with Crippen LogP contribution in [0.15, 0.2) is 63.7 Å². The molecular weight excluding hydrogens is 418 g/mol. The Labute approximate surface area is 162 Å². The minimum Gasteiger partial charge on any atom is -0.332 e. The minimum absolute atomic E-state index is 0.175. The average molecular weight is 434 g/mol. The maximum atomic E-state index is 12.6. The fourth-order valence-corrected chi connectivity index (χ4v) is 3.87. The van der Waals surface area contributed by atoms with E-state index in [0.29, 0.717) is 18.8 Å². The van der Waals surface area contributed by atoms with Crippen molar-refractivity contribution < 1.29 is 4.79 Å². The van der Waals surface area contributed by atoms with Gasteiger partial charge in [0.1, 0.15) is 6.54 Å². The van der Waals surface area contributed by atoms with Crippen LogP contribution < -0.4 is 5.69 Å². The number of thiophene rings is 1. The molecule has 2 heterocycles. The first-order valence-electron chi connectivity index (χ1n) is 7.79. The lowest BCUT2D eigenvalue weighted by Crippen LogP contribution is -2.36. The van der Waals surface area contributed by atoms with Crippen LogP contribution in [-0.4, -0.2) is 37.1 Å². The van der Waals surface area contributed by atoms with Gasteiger partial charge in [0.05, 0.1) is 16.0 Å². The van der Waals surface area contributed by atoms with Crippen molar-refractivity contribution in [2.75, 3.05) is 6.54 Å². The minimum atomic E-state index is -0.457. The van der Waals surface area contributed by atoms with Gasteiger partial charge in [0.25, 0.3) is 0 Å². The molecule has 0 aliphatic rings. The average Bonchev–Trinajstić information content (AvgIpc) is 3.21. The summed E-state index contributed by atoms with van der Waals surface area (Å²) in [5.74, 6) is -0.225. The van der Waals surface area contributed by atoms with Gasteiger partial charge < -0.3 is 4.90 Å². The first-order valence-corrected chi connectivity index (χ1v) is 9.40. The Morgan fingerprint density at radius 1 is 1.23 bits per heavy atom. The van der Waals surface area contributed by atoms with Crippen molar-refractivity contribution in [3.05, 3.63) is 74.3 Å². The largest absolute Gasteiger partial charge is 0.368 e. The second-order valence-corrected chi connectivity index (χ2v) is 7.98. The van der Waals surface area contributed by atoms with E-state index in [1.54, 1.807) is 46.6 Å². The van der Waals surface area contributed by atoms with E-state index in [9.17, 15) is 9.59 Å². The van der Waals surface area contributed by atoms with Crippen molar-refractivity contribution in [2.24, 2.45) is 0 Å². The quantitative estimate of drug-likeness (QED) is 0.536. The molecule has 1 aromatic carbocycles. The number of aromatic nitrogens is 4. The number of hydrogen-bond acceptors (Lipinski definition) is 5. The number of tetrazole rings is 1. The van der Waals surface area contributed by atoms with Crippen LogP contribution in [0.25, 0.3) is 5.69 Å². The zero-order chi connectivity index (χ0) is 18.5. The lowest BCUT2D eigenvalue weighted by atomic mass is 10.3. The van der Waals surface area contributed by atoms with Crippen LogP contribution in [0.3, 0.4) is 0 Å². The second kappa shape index (κ2) is 8.24. The lowest BCUT2D eigenvalue weighted by molar-refractivity contribution is -0.132. The first kappa shape index (κ1) is 18.3. The topological polar surface area (TPSA) is 73.0 Å². The lowest BCUT2D eigenvalue weighted by Gasteiger charge is -2.20. The summed E-state index contributed by atoms with van der Waals surface area (Å²) in [5, 5.41) is 7.68. The van der Waals surface area contributed by atoms with Gasteiger partial charge in [-0.25, -0.2) is 4.79 Å². The first-order chi connectivity index (χ1) is 12.6. The summed E-state index contributed by atoms with van der Waals surface area (Å²) in [6.45, 7) is 4.36. The molecule has 26 heavy (non-hydrogen) atoms. The van der Waals surface area contributed by atoms with E-state index < -0.39 is 5.69 Å². The monoisotopic (exact) mass is 433 g/mol. The Hall–Kier alpha value is -2.52. The summed E-state index contributed by atoms with van der Waals surface area (Å²) in [6.07, 6.45) is 1.66. The maximum Gasteiger partial charge on any atom is 0.368 e. The highest BCUT2D eigenvalue weighted by atomic mass is 79.9. The zero-order valence-corrected chi connectivity index (χ0v) is 16.2. The Morgan fingerprint density at radius 3 is 2.65 bits per heavy atom. The number of hydrogen-bond donors (Lipinski definition) is 0. The highest BCUT2D eigenvalue weighted by Crippen LogP contribution is 2.23. The summed E-state index contributed by atoms with van der Waals surface area (Å²) in [6, 6.07) is 12.8. The van der Waals surface area contributed by atoms with Gasteiger partial charge in [0.2, 0.25) is 5.91 Å². The number of carbonyl (C=O) groups excluding carboxylic acids is 1. The van der Waals surface area contributed by atoms with E-state index in [0.717, 1.165) is 13.3 Å². The Morgan fingerprint density at radius 2 is 2.00 bits per heavy atom. The molecule has 7 nitrogen and oxygen atoms in total. The predicted molar refractivity (Wildman–Crippen MR) is 103 cm³/mol. The molecule has 0 unspecified atom stereocenters. The molecule has 3 rings (SSSR count). The van der Waals surface area contributed by atoms with E-state index in [1.165, 1.54) is 4.68 Å². The van der Waals surface area contributed by atoms with Gasteiger partial charge >= 0.3 is 5.69 Å². The fourth-order valence-electron chi connectivity index (χ4n) is 2.37. The molecule has 0 atom stereocenters. The molecule has 0 saturated carbocycles. The zero-order valence-electron chi connectivity index (χ0n) is 13.8. The van der Waals surface area contributed by atoms with Gasteiger partial charge in [0, 0.05) is 11.4 Å². The number of halogens is 1. The fraction of sp³-hybridized carbons (Fsp3) is 0.176. The van der Waals surface area contributed by atoms with Gasteiger partial charge in [-0.15, -0.1) is 17.9 Å². The molecular formula is C17H16BrN5O2S. The van der Waals surface area contributed by atoms with Crippen LogP contribution in [0.1, 0.15) is 4.88 Å². The molecule has 2 aromatic heterocycles. The van der Waals surface area contributed by atoms with Gasteiger partial charge in [-0.05, 0) is 50.6 Å². The molecule has 0 saturated heterocycles. The molecule has 0 spiro atoms. The van der Waals surface area contributed by atoms with E-state index in [-0.39, 0.29) is 12.5 Å². The summed E-state index contributed by atoms with van der Waals surface area (Å²) in [7, 11) is 0. The van der Waals surface area contributed by atoms with Crippen LogP contribution >= 0.6 is 27.3 Å². The summed E-state index contributed by atoms with van der Waals surface area (Å²) in [4.78, 5) is 27.8. The Bertz CT molecular complexity index is 963. The summed E-state index contributed by atoms with van der Waals surface area (Å²) in [5.41, 5.74) is 0.143. The normalized spacial score (nSPS) is 10.7. The molecule has 0 bridgehead atoms. The third-order valence-electron chi connectivity index (χ3n) is 3.60. The smallest absolute Gasteiger partial charge is 0.332 e. The van der Waals surface area contributed by atoms with Gasteiger partial charge in [0.15, 0.2) is 0 Å². The molecule has 1 amide bonds. The number of benzene rings is 1. The van der Waals surface area contributed by atoms with Crippen molar-refractivity contribution in [3.63, 3.8) is 0 Å². The van der Waals surface area contributed by atoms with E-state index >= 15 is 0 Å². The van der Waals surface area contributed by atoms with Crippen LogP contribution in [-0.2, 0) is 17.9 Å². The Kier molecular flexibility index (Phi) is 5.79. The van der Waals surface area contributed by atoms with Crippen molar-refractivity contribution in [3.8, 4) is 5.69 Å². The molecule has 0 radical (unpaired) electrons. The Balaban J connectivity index is 1.76. The van der Waals surface area contributed by atoms with Crippen LogP contribution in [0.2, 0.25) is 0 Å². The van der Waals surface area contributed by atoms with Crippen LogP contribution in [0.4, 0.5) is 0 Å². The van der Waals surface area contributed by atoms with Crippen LogP contribution in [0, 0.1) is 0 Å². The molecule has 3 aromatic rings. The number of nitrogens with zero attached hydrogens (tertiary/aromatic N) is 5. The van der Waals surface area contributed by atoms with Crippen molar-refractivity contribution in [1.82, 2.24) is 24.7 Å². The highest BCUT2D eigenvalue weighted by Gasteiger charge is 2.18. The number of carbonyl (C=O) groups is 1. The summed E-state index contributed by atoms with van der Waals surface area (Å²) >= 11 is 4.97. The molecule has 0 aliphatic heterocycles. The number of para-hydroxylation sites is 1. The van der Waals surface area contributed by atoms with Crippen molar-refractivity contribution >= 4 is 33.2 Å². The molecule has 0 aliphatic carbocycles. The molecule has 0 fully saturated rings. The highest BCUT2D eigenvalue weighted by molar-refractivity contribution is 9.11. The molecule has 9 heteroatoms. The number of amides is 1. The SMILES string of the molecule is C=CCN(Cc1ccc(Br)s1)C(=O)Cn1nnn(-c2ccccc2)c1=O. The molecule has 134 valence electrons. The van der Waals surface area contributed by atoms with Crippen LogP contribution in [0.5, 0.6) is 0 Å². The number of rotatable bonds is 7. The van der Waals surface area contributed by atoms with Gasteiger partial charge in [-0.3, -0.25) is 4.79 Å². The van der Waals surface area contributed by atoms with E-state index in [2.05, 4.69) is 32.9 Å². The third kappa shape index (κ3) is 4.17. The van der Waals surface area contributed by atoms with E-state index in [4.69, 9.17) is 0 Å². The second-order valence-electron chi connectivity index (χ2n) is 5.44. The maximum absolute atomic E-state index is 12.6.